The van der Waals surface area contributed by atoms with Crippen molar-refractivity contribution >= 4 is 0 Å². The van der Waals surface area contributed by atoms with Gasteiger partial charge in [0, 0.05) is 5.41 Å². The Morgan fingerprint density at radius 1 is 0.958 bits per heavy atom. The maximum Gasteiger partial charge on any atom is 0.119 e. The first kappa shape index (κ1) is 18.4. The minimum Gasteiger partial charge on any atom is -0.491 e. The molecule has 5 nitrogen and oxygen atoms in total. The van der Waals surface area contributed by atoms with Gasteiger partial charge in [-0.3, -0.25) is 10.4 Å². The van der Waals surface area contributed by atoms with Crippen LogP contribution < -0.4 is 4.74 Å². The van der Waals surface area contributed by atoms with E-state index < -0.39 is 6.10 Å². The fourth-order valence-electron chi connectivity index (χ4n) is 2.54. The van der Waals surface area contributed by atoms with Crippen LogP contribution in [0.2, 0.25) is 0 Å². The van der Waals surface area contributed by atoms with Crippen molar-refractivity contribution in [2.24, 2.45) is 0 Å². The average molecular weight is 331 g/mol. The first-order chi connectivity index (χ1) is 11.3. The third kappa shape index (κ3) is 4.79. The summed E-state index contributed by atoms with van der Waals surface area (Å²) in [6.07, 6.45) is -0.983. The number of hydrogen-bond donors (Lipinski definition) is 3. The molecule has 0 bridgehead atoms. The number of aryl methyl sites for hydroxylation is 1. The molecule has 0 aromatic heterocycles. The Morgan fingerprint density at radius 2 is 1.46 bits per heavy atom. The fraction of sp³-hybridized carbons (Fsp3) is 0.368. The van der Waals surface area contributed by atoms with Gasteiger partial charge in [0.1, 0.15) is 18.5 Å². The summed E-state index contributed by atoms with van der Waals surface area (Å²) in [5.74, 6) is 0.625. The summed E-state index contributed by atoms with van der Waals surface area (Å²) >= 11 is 0. The van der Waals surface area contributed by atoms with E-state index in [0.717, 1.165) is 5.56 Å². The van der Waals surface area contributed by atoms with Crippen molar-refractivity contribution in [2.75, 3.05) is 13.2 Å². The highest BCUT2D eigenvalue weighted by molar-refractivity contribution is 5.40. The Morgan fingerprint density at radius 3 is 1.96 bits per heavy atom. The maximum atomic E-state index is 9.55. The van der Waals surface area contributed by atoms with E-state index in [9.17, 15) is 5.11 Å². The molecule has 1 unspecified atom stereocenters. The molecule has 0 aliphatic rings. The quantitative estimate of drug-likeness (QED) is 0.680. The molecular weight excluding hydrogens is 306 g/mol. The summed E-state index contributed by atoms with van der Waals surface area (Å²) in [6, 6.07) is 16.2. The molecule has 0 spiro atoms. The number of aliphatic hydroxyl groups is 1. The van der Waals surface area contributed by atoms with Gasteiger partial charge in [0.2, 0.25) is 0 Å². The number of hydroxylamine groups is 2. The first-order valence-electron chi connectivity index (χ1n) is 7.93. The van der Waals surface area contributed by atoms with Crippen LogP contribution >= 0.6 is 0 Å². The van der Waals surface area contributed by atoms with Crippen molar-refractivity contribution in [1.29, 1.82) is 0 Å². The van der Waals surface area contributed by atoms with Gasteiger partial charge in [-0.25, -0.2) is 0 Å². The molecule has 0 amide bonds. The van der Waals surface area contributed by atoms with Gasteiger partial charge in [-0.1, -0.05) is 61.0 Å². The molecule has 0 radical (unpaired) electrons. The van der Waals surface area contributed by atoms with Gasteiger partial charge < -0.3 is 9.84 Å². The maximum absolute atomic E-state index is 9.55. The normalized spacial score (nSPS) is 13.1. The van der Waals surface area contributed by atoms with E-state index in [1.54, 1.807) is 0 Å². The van der Waals surface area contributed by atoms with Crippen LogP contribution in [-0.4, -0.2) is 40.0 Å². The molecule has 0 heterocycles. The Hall–Kier alpha value is -1.92. The lowest BCUT2D eigenvalue weighted by molar-refractivity contribution is -0.315. The number of benzene rings is 2. The van der Waals surface area contributed by atoms with E-state index in [0.29, 0.717) is 5.75 Å². The van der Waals surface area contributed by atoms with Crippen molar-refractivity contribution < 1.29 is 20.3 Å². The van der Waals surface area contributed by atoms with Crippen LogP contribution in [0.25, 0.3) is 0 Å². The third-order valence-corrected chi connectivity index (χ3v) is 4.17. The van der Waals surface area contributed by atoms with Gasteiger partial charge in [-0.2, -0.15) is 0 Å². The molecule has 0 aliphatic heterocycles. The number of hydrogen-bond acceptors (Lipinski definition) is 5. The van der Waals surface area contributed by atoms with Gasteiger partial charge >= 0.3 is 0 Å². The summed E-state index contributed by atoms with van der Waals surface area (Å²) in [5.41, 5.74) is 3.51. The molecule has 1 atom stereocenters. The fourth-order valence-corrected chi connectivity index (χ4v) is 2.54. The van der Waals surface area contributed by atoms with Gasteiger partial charge in [0.15, 0.2) is 0 Å². The molecule has 5 heteroatoms. The smallest absolute Gasteiger partial charge is 0.119 e. The second kappa shape index (κ2) is 7.77. The van der Waals surface area contributed by atoms with Crippen molar-refractivity contribution in [3.05, 3.63) is 65.2 Å². The highest BCUT2D eigenvalue weighted by atomic mass is 16.8. The zero-order chi connectivity index (χ0) is 17.7. The summed E-state index contributed by atoms with van der Waals surface area (Å²) in [6.45, 7) is 6.11. The van der Waals surface area contributed by atoms with Gasteiger partial charge in [-0.15, -0.1) is 0 Å². The van der Waals surface area contributed by atoms with Crippen LogP contribution in [0, 0.1) is 6.92 Å². The first-order valence-corrected chi connectivity index (χ1v) is 7.93. The molecule has 2 aromatic rings. The number of aliphatic hydroxyl groups excluding tert-OH is 1. The zero-order valence-electron chi connectivity index (χ0n) is 14.3. The molecule has 3 N–H and O–H groups in total. The highest BCUT2D eigenvalue weighted by Crippen LogP contribution is 2.32. The Bertz CT molecular complexity index is 635. The van der Waals surface area contributed by atoms with E-state index in [1.807, 2.05) is 24.3 Å². The molecule has 2 aromatic carbocycles. The standard InChI is InChI=1S/C19H25NO4/c1-14-4-6-15(7-5-14)19(2,3)16-8-10-18(11-9-16)24-13-17(21)12-20(22)23/h4-11,17,21-23H,12-13H2,1-3H3. The van der Waals surface area contributed by atoms with Crippen LogP contribution in [0.15, 0.2) is 48.5 Å². The molecule has 130 valence electrons. The van der Waals surface area contributed by atoms with E-state index in [2.05, 4.69) is 45.0 Å². The van der Waals surface area contributed by atoms with Gasteiger partial charge in [-0.05, 0) is 30.2 Å². The van der Waals surface area contributed by atoms with Crippen LogP contribution in [0.1, 0.15) is 30.5 Å². The SMILES string of the molecule is Cc1ccc(C(C)(C)c2ccc(OCC(O)CN(O)O)cc2)cc1. The largest absolute Gasteiger partial charge is 0.491 e. The summed E-state index contributed by atoms with van der Waals surface area (Å²) in [7, 11) is 0. The van der Waals surface area contributed by atoms with Crippen molar-refractivity contribution in [2.45, 2.75) is 32.3 Å². The van der Waals surface area contributed by atoms with Crippen LogP contribution in [0.5, 0.6) is 5.75 Å². The zero-order valence-corrected chi connectivity index (χ0v) is 14.3. The molecular formula is C19H25NO4. The van der Waals surface area contributed by atoms with Crippen LogP contribution in [0.3, 0.4) is 0 Å². The number of rotatable bonds is 7. The Kier molecular flexibility index (Phi) is 5.96. The van der Waals surface area contributed by atoms with Crippen molar-refractivity contribution in [1.82, 2.24) is 5.23 Å². The second-order valence-corrected chi connectivity index (χ2v) is 6.54. The lowest BCUT2D eigenvalue weighted by Gasteiger charge is -2.26. The molecule has 0 fully saturated rings. The van der Waals surface area contributed by atoms with Crippen molar-refractivity contribution in [3.8, 4) is 5.75 Å². The van der Waals surface area contributed by atoms with Crippen LogP contribution in [0.4, 0.5) is 0 Å². The molecule has 0 saturated heterocycles. The summed E-state index contributed by atoms with van der Waals surface area (Å²) in [4.78, 5) is 0. The number of nitrogens with zero attached hydrogens (tertiary/aromatic N) is 1. The molecule has 0 aliphatic carbocycles. The Balaban J connectivity index is 2.04. The predicted molar refractivity (Wildman–Crippen MR) is 91.5 cm³/mol. The minimum atomic E-state index is -0.983. The molecule has 0 saturated carbocycles. The summed E-state index contributed by atoms with van der Waals surface area (Å²) in [5, 5.41) is 26.8. The van der Waals surface area contributed by atoms with Crippen LogP contribution in [-0.2, 0) is 5.41 Å². The van der Waals surface area contributed by atoms with Gasteiger partial charge in [0.05, 0.1) is 6.54 Å². The highest BCUT2D eigenvalue weighted by Gasteiger charge is 2.22. The number of ether oxygens (including phenoxy) is 1. The molecule has 2 rings (SSSR count). The predicted octanol–water partition coefficient (Wildman–Crippen LogP) is 3.14. The third-order valence-electron chi connectivity index (χ3n) is 4.17. The van der Waals surface area contributed by atoms with E-state index in [-0.39, 0.29) is 23.8 Å². The van der Waals surface area contributed by atoms with E-state index >= 15 is 0 Å². The second-order valence-electron chi connectivity index (χ2n) is 6.54. The minimum absolute atomic E-state index is 0.0156. The lowest BCUT2D eigenvalue weighted by Crippen LogP contribution is -2.31. The Labute approximate surface area is 142 Å². The van der Waals surface area contributed by atoms with E-state index in [4.69, 9.17) is 15.2 Å². The topological polar surface area (TPSA) is 73.2 Å². The van der Waals surface area contributed by atoms with Crippen molar-refractivity contribution in [3.63, 3.8) is 0 Å². The lowest BCUT2D eigenvalue weighted by atomic mass is 9.78. The monoisotopic (exact) mass is 331 g/mol. The van der Waals surface area contributed by atoms with Gasteiger partial charge in [0.25, 0.3) is 0 Å². The van der Waals surface area contributed by atoms with E-state index in [1.165, 1.54) is 11.1 Å². The summed E-state index contributed by atoms with van der Waals surface area (Å²) < 4.78 is 5.46. The average Bonchev–Trinajstić information content (AvgIpc) is 2.53. The molecule has 24 heavy (non-hydrogen) atoms.